The maximum Gasteiger partial charge on any atom is 0.115 e. The van der Waals surface area contributed by atoms with Crippen LogP contribution in [0.4, 0.5) is 0 Å². The summed E-state index contributed by atoms with van der Waals surface area (Å²) in [6.07, 6.45) is 2.92. The Balaban J connectivity index is 1.61. The molecule has 23 heavy (non-hydrogen) atoms. The molecule has 3 aromatic rings. The van der Waals surface area contributed by atoms with E-state index in [9.17, 15) is 5.11 Å². The fourth-order valence-corrected chi connectivity index (χ4v) is 3.54. The van der Waals surface area contributed by atoms with E-state index in [0.29, 0.717) is 11.8 Å². The van der Waals surface area contributed by atoms with Crippen LogP contribution in [0.15, 0.2) is 42.6 Å². The molecular weight excluding hydrogens is 286 g/mol. The van der Waals surface area contributed by atoms with E-state index in [1.54, 1.807) is 6.07 Å². The van der Waals surface area contributed by atoms with Gasteiger partial charge in [-0.2, -0.15) is 5.10 Å². The van der Waals surface area contributed by atoms with Crippen molar-refractivity contribution in [1.29, 1.82) is 0 Å². The number of aromatic hydroxyl groups is 1. The zero-order valence-corrected chi connectivity index (χ0v) is 13.5. The molecule has 0 bridgehead atoms. The molecule has 0 radical (unpaired) electrons. The van der Waals surface area contributed by atoms with Gasteiger partial charge in [0.25, 0.3) is 0 Å². The first kappa shape index (κ1) is 14.3. The molecule has 1 unspecified atom stereocenters. The van der Waals surface area contributed by atoms with Crippen molar-refractivity contribution in [1.82, 2.24) is 14.7 Å². The van der Waals surface area contributed by atoms with Gasteiger partial charge >= 0.3 is 0 Å². The molecule has 1 atom stereocenters. The second kappa shape index (κ2) is 5.39. The first-order valence-corrected chi connectivity index (χ1v) is 8.08. The number of phenols is 1. The summed E-state index contributed by atoms with van der Waals surface area (Å²) in [6, 6.07) is 12.7. The van der Waals surface area contributed by atoms with E-state index >= 15 is 0 Å². The van der Waals surface area contributed by atoms with E-state index in [2.05, 4.69) is 35.1 Å². The zero-order valence-electron chi connectivity index (χ0n) is 13.5. The van der Waals surface area contributed by atoms with Gasteiger partial charge in [0.1, 0.15) is 5.75 Å². The zero-order chi connectivity index (χ0) is 16.0. The van der Waals surface area contributed by atoms with Gasteiger partial charge in [-0.3, -0.25) is 9.58 Å². The number of phenolic OH excluding ortho intramolecular Hbond substituents is 1. The lowest BCUT2D eigenvalue weighted by molar-refractivity contribution is 0.192. The van der Waals surface area contributed by atoms with Crippen molar-refractivity contribution in [3.8, 4) is 5.75 Å². The van der Waals surface area contributed by atoms with Gasteiger partial charge in [0, 0.05) is 31.6 Å². The topological polar surface area (TPSA) is 41.3 Å². The summed E-state index contributed by atoms with van der Waals surface area (Å²) in [5, 5.41) is 15.1. The first-order chi connectivity index (χ1) is 11.1. The number of benzene rings is 2. The summed E-state index contributed by atoms with van der Waals surface area (Å²) in [5.41, 5.74) is 5.09. The van der Waals surface area contributed by atoms with E-state index in [1.165, 1.54) is 27.6 Å². The Bertz CT molecular complexity index is 868. The van der Waals surface area contributed by atoms with Gasteiger partial charge in [-0.15, -0.1) is 0 Å². The number of hydrogen-bond donors (Lipinski definition) is 1. The van der Waals surface area contributed by atoms with E-state index in [1.807, 2.05) is 30.1 Å². The van der Waals surface area contributed by atoms with E-state index < -0.39 is 0 Å². The van der Waals surface area contributed by atoms with Gasteiger partial charge in [0.15, 0.2) is 0 Å². The normalized spacial score (nSPS) is 16.4. The number of hydrogen-bond acceptors (Lipinski definition) is 3. The first-order valence-electron chi connectivity index (χ1n) is 8.08. The molecule has 0 aliphatic carbocycles. The number of aromatic nitrogens is 2. The third-order valence-electron chi connectivity index (χ3n) is 5.03. The van der Waals surface area contributed by atoms with Crippen LogP contribution in [-0.2, 0) is 20.0 Å². The van der Waals surface area contributed by atoms with Crippen LogP contribution < -0.4 is 0 Å². The second-order valence-corrected chi connectivity index (χ2v) is 6.44. The number of rotatable bonds is 2. The predicted molar refractivity (Wildman–Crippen MR) is 91.3 cm³/mol. The molecule has 1 aliphatic heterocycles. The predicted octanol–water partition coefficient (Wildman–Crippen LogP) is 3.40. The lowest BCUT2D eigenvalue weighted by Gasteiger charge is -2.34. The smallest absolute Gasteiger partial charge is 0.115 e. The van der Waals surface area contributed by atoms with E-state index in [-0.39, 0.29) is 0 Å². The van der Waals surface area contributed by atoms with Gasteiger partial charge in [0.05, 0.1) is 11.7 Å². The molecule has 1 aromatic heterocycles. The average molecular weight is 307 g/mol. The highest BCUT2D eigenvalue weighted by Gasteiger charge is 2.22. The largest absolute Gasteiger partial charge is 0.508 e. The Kier molecular flexibility index (Phi) is 3.34. The Hall–Kier alpha value is -2.33. The van der Waals surface area contributed by atoms with E-state index in [0.717, 1.165) is 19.5 Å². The van der Waals surface area contributed by atoms with Crippen LogP contribution >= 0.6 is 0 Å². The highest BCUT2D eigenvalue weighted by Crippen LogP contribution is 2.30. The van der Waals surface area contributed by atoms with Crippen molar-refractivity contribution in [2.24, 2.45) is 7.05 Å². The molecule has 0 spiro atoms. The van der Waals surface area contributed by atoms with Crippen molar-refractivity contribution < 1.29 is 5.11 Å². The van der Waals surface area contributed by atoms with Crippen molar-refractivity contribution in [3.63, 3.8) is 0 Å². The van der Waals surface area contributed by atoms with Crippen molar-refractivity contribution in [2.45, 2.75) is 25.9 Å². The summed E-state index contributed by atoms with van der Waals surface area (Å²) >= 11 is 0. The monoisotopic (exact) mass is 307 g/mol. The molecule has 1 N–H and O–H groups in total. The van der Waals surface area contributed by atoms with E-state index in [4.69, 9.17) is 0 Å². The summed E-state index contributed by atoms with van der Waals surface area (Å²) in [5.74, 6) is 0.368. The Morgan fingerprint density at radius 3 is 2.87 bits per heavy atom. The Labute approximate surface area is 136 Å². The molecule has 2 aromatic carbocycles. The highest BCUT2D eigenvalue weighted by atomic mass is 16.3. The highest BCUT2D eigenvalue weighted by molar-refractivity contribution is 5.79. The molecule has 118 valence electrons. The van der Waals surface area contributed by atoms with Crippen LogP contribution in [0.1, 0.15) is 29.7 Å². The van der Waals surface area contributed by atoms with Gasteiger partial charge < -0.3 is 5.11 Å². The lowest BCUT2D eigenvalue weighted by Crippen LogP contribution is -2.32. The second-order valence-electron chi connectivity index (χ2n) is 6.44. The average Bonchev–Trinajstić information content (AvgIpc) is 2.94. The maximum atomic E-state index is 9.62. The SMILES string of the molecule is CC(c1ccc2c(cnn2C)c1)N1CCc2cc(O)ccc2C1. The third kappa shape index (κ3) is 2.49. The minimum Gasteiger partial charge on any atom is -0.508 e. The number of fused-ring (bicyclic) bond motifs is 2. The molecule has 0 fully saturated rings. The van der Waals surface area contributed by atoms with Crippen LogP contribution in [0.25, 0.3) is 10.9 Å². The summed E-state index contributed by atoms with van der Waals surface area (Å²) < 4.78 is 1.91. The number of aryl methyl sites for hydroxylation is 1. The maximum absolute atomic E-state index is 9.62. The molecule has 4 rings (SSSR count). The fraction of sp³-hybridized carbons (Fsp3) is 0.316. The summed E-state index contributed by atoms with van der Waals surface area (Å²) in [7, 11) is 1.97. The van der Waals surface area contributed by atoms with Crippen LogP contribution in [0.2, 0.25) is 0 Å². The van der Waals surface area contributed by atoms with Gasteiger partial charge in [-0.1, -0.05) is 12.1 Å². The van der Waals surface area contributed by atoms with Crippen LogP contribution in [-0.4, -0.2) is 26.3 Å². The molecule has 1 aliphatic rings. The molecule has 4 nitrogen and oxygen atoms in total. The lowest BCUT2D eigenvalue weighted by atomic mass is 9.96. The minimum absolute atomic E-state index is 0.363. The molecular formula is C19H21N3O. The van der Waals surface area contributed by atoms with Crippen LogP contribution in [0.5, 0.6) is 5.75 Å². The molecule has 0 amide bonds. The van der Waals surface area contributed by atoms with Gasteiger partial charge in [-0.05, 0) is 54.3 Å². The standard InChI is InChI=1S/C19H21N3O/c1-13(14-4-6-19-17(9-14)11-20-21(19)2)22-8-7-15-10-18(23)5-3-16(15)12-22/h3-6,9-11,13,23H,7-8,12H2,1-2H3. The van der Waals surface area contributed by atoms with Gasteiger partial charge in [0.2, 0.25) is 0 Å². The molecule has 2 heterocycles. The summed E-state index contributed by atoms with van der Waals surface area (Å²) in [4.78, 5) is 2.50. The molecule has 0 saturated carbocycles. The van der Waals surface area contributed by atoms with Crippen LogP contribution in [0, 0.1) is 0 Å². The quantitative estimate of drug-likeness (QED) is 0.789. The minimum atomic E-state index is 0.363. The van der Waals surface area contributed by atoms with Crippen molar-refractivity contribution >= 4 is 10.9 Å². The Morgan fingerprint density at radius 2 is 2.00 bits per heavy atom. The number of nitrogens with zero attached hydrogens (tertiary/aromatic N) is 3. The Morgan fingerprint density at radius 1 is 1.13 bits per heavy atom. The van der Waals surface area contributed by atoms with Crippen molar-refractivity contribution in [2.75, 3.05) is 6.54 Å². The summed E-state index contributed by atoms with van der Waals surface area (Å²) in [6.45, 7) is 4.22. The third-order valence-corrected chi connectivity index (χ3v) is 5.03. The molecule has 0 saturated heterocycles. The molecule has 4 heteroatoms. The van der Waals surface area contributed by atoms with Gasteiger partial charge in [-0.25, -0.2) is 0 Å². The van der Waals surface area contributed by atoms with Crippen molar-refractivity contribution in [3.05, 3.63) is 59.3 Å². The van der Waals surface area contributed by atoms with Crippen LogP contribution in [0.3, 0.4) is 0 Å². The fourth-order valence-electron chi connectivity index (χ4n) is 3.54.